The molecule has 1 aliphatic rings. The molecule has 0 radical (unpaired) electrons. The summed E-state index contributed by atoms with van der Waals surface area (Å²) in [6.07, 6.45) is 2.63. The van der Waals surface area contributed by atoms with Crippen LogP contribution in [0.15, 0.2) is 12.4 Å². The molecule has 1 N–H and O–H groups in total. The number of ether oxygens (including phenoxy) is 1. The van der Waals surface area contributed by atoms with Gasteiger partial charge in [0.1, 0.15) is 23.6 Å². The van der Waals surface area contributed by atoms with Crippen LogP contribution >= 0.6 is 0 Å². The van der Waals surface area contributed by atoms with Gasteiger partial charge in [0.05, 0.1) is 0 Å². The summed E-state index contributed by atoms with van der Waals surface area (Å²) in [5, 5.41) is 2.72. The Bertz CT molecular complexity index is 551. The summed E-state index contributed by atoms with van der Waals surface area (Å²) in [4.78, 5) is 32.9. The van der Waals surface area contributed by atoms with Crippen LogP contribution in [-0.4, -0.2) is 34.6 Å². The average molecular weight is 322 g/mol. The lowest BCUT2D eigenvalue weighted by atomic mass is 10.2. The number of carbonyl (C=O) groups is 2. The zero-order chi connectivity index (χ0) is 17.6. The monoisotopic (exact) mass is 322 g/mol. The molecular formula is C16H26N4O3. The normalized spacial score (nSPS) is 13.5. The van der Waals surface area contributed by atoms with Gasteiger partial charge in [0, 0.05) is 19.0 Å². The second kappa shape index (κ2) is 7.89. The molecule has 1 saturated carbocycles. The smallest absolute Gasteiger partial charge is 0.415 e. The second-order valence-electron chi connectivity index (χ2n) is 6.06. The first-order valence-electron chi connectivity index (χ1n) is 7.86. The third-order valence-corrected chi connectivity index (χ3v) is 2.86. The lowest BCUT2D eigenvalue weighted by Crippen LogP contribution is -2.34. The highest BCUT2D eigenvalue weighted by atomic mass is 16.6. The van der Waals surface area contributed by atoms with Crippen molar-refractivity contribution in [3.05, 3.63) is 12.4 Å². The summed E-state index contributed by atoms with van der Waals surface area (Å²) in [6.45, 7) is 9.38. The SMILES string of the molecule is CC.CN(C(=O)OC(C)(C)C)c1cc(NC(=O)C2CC2)ncn1. The number of carbonyl (C=O) groups excluding carboxylic acids is 2. The number of anilines is 2. The molecule has 23 heavy (non-hydrogen) atoms. The second-order valence-corrected chi connectivity index (χ2v) is 6.06. The van der Waals surface area contributed by atoms with Crippen molar-refractivity contribution >= 4 is 23.6 Å². The Kier molecular flexibility index (Phi) is 6.48. The van der Waals surface area contributed by atoms with Gasteiger partial charge >= 0.3 is 6.09 Å². The topological polar surface area (TPSA) is 84.4 Å². The van der Waals surface area contributed by atoms with Gasteiger partial charge in [-0.1, -0.05) is 13.8 Å². The molecule has 1 heterocycles. The number of aromatic nitrogens is 2. The highest BCUT2D eigenvalue weighted by Crippen LogP contribution is 2.30. The maximum atomic E-state index is 12.0. The number of hydrogen-bond donors (Lipinski definition) is 1. The number of rotatable bonds is 3. The first-order valence-corrected chi connectivity index (χ1v) is 7.86. The average Bonchev–Trinajstić information content (AvgIpc) is 3.31. The fourth-order valence-corrected chi connectivity index (χ4v) is 1.60. The Balaban J connectivity index is 0.00000127. The summed E-state index contributed by atoms with van der Waals surface area (Å²) >= 11 is 0. The maximum Gasteiger partial charge on any atom is 0.415 e. The third kappa shape index (κ3) is 6.22. The molecule has 7 nitrogen and oxygen atoms in total. The van der Waals surface area contributed by atoms with E-state index in [1.165, 1.54) is 11.2 Å². The van der Waals surface area contributed by atoms with Gasteiger partial charge in [0.2, 0.25) is 5.91 Å². The van der Waals surface area contributed by atoms with Crippen LogP contribution in [0.3, 0.4) is 0 Å². The molecule has 1 aliphatic carbocycles. The van der Waals surface area contributed by atoms with Crippen molar-refractivity contribution in [3.8, 4) is 0 Å². The standard InChI is InChI=1S/C14H20N4O3.C2H6/c1-14(2,3)21-13(20)18(4)11-7-10(15-8-16-11)17-12(19)9-5-6-9;1-2/h7-9H,5-6H2,1-4H3,(H,15,16,17,19);1-2H3. The minimum absolute atomic E-state index is 0.0421. The zero-order valence-corrected chi connectivity index (χ0v) is 14.7. The highest BCUT2D eigenvalue weighted by Gasteiger charge is 2.30. The van der Waals surface area contributed by atoms with E-state index in [-0.39, 0.29) is 11.8 Å². The molecule has 7 heteroatoms. The Morgan fingerprint density at radius 3 is 2.39 bits per heavy atom. The zero-order valence-electron chi connectivity index (χ0n) is 14.7. The first-order chi connectivity index (χ1) is 10.8. The van der Waals surface area contributed by atoms with E-state index in [0.717, 1.165) is 12.8 Å². The van der Waals surface area contributed by atoms with Gasteiger partial charge in [-0.05, 0) is 33.6 Å². The summed E-state index contributed by atoms with van der Waals surface area (Å²) in [5.74, 6) is 0.796. The van der Waals surface area contributed by atoms with Crippen LogP contribution in [0.2, 0.25) is 0 Å². The van der Waals surface area contributed by atoms with E-state index < -0.39 is 11.7 Å². The van der Waals surface area contributed by atoms with E-state index in [1.807, 2.05) is 13.8 Å². The van der Waals surface area contributed by atoms with E-state index in [4.69, 9.17) is 4.74 Å². The number of nitrogens with zero attached hydrogens (tertiary/aromatic N) is 3. The van der Waals surface area contributed by atoms with Crippen LogP contribution in [0, 0.1) is 5.92 Å². The van der Waals surface area contributed by atoms with Gasteiger partial charge in [-0.3, -0.25) is 9.69 Å². The largest absolute Gasteiger partial charge is 0.443 e. The molecule has 128 valence electrons. The molecule has 0 aromatic carbocycles. The van der Waals surface area contributed by atoms with Gasteiger partial charge in [-0.25, -0.2) is 14.8 Å². The van der Waals surface area contributed by atoms with Crippen molar-refractivity contribution in [2.75, 3.05) is 17.3 Å². The molecule has 0 unspecified atom stereocenters. The van der Waals surface area contributed by atoms with E-state index in [0.29, 0.717) is 11.6 Å². The van der Waals surface area contributed by atoms with Crippen molar-refractivity contribution in [2.24, 2.45) is 5.92 Å². The summed E-state index contributed by atoms with van der Waals surface area (Å²) in [5.41, 5.74) is -0.582. The Morgan fingerprint density at radius 1 is 1.26 bits per heavy atom. The van der Waals surface area contributed by atoms with E-state index in [2.05, 4.69) is 15.3 Å². The van der Waals surface area contributed by atoms with Gasteiger partial charge in [-0.2, -0.15) is 0 Å². The fourth-order valence-electron chi connectivity index (χ4n) is 1.60. The lowest BCUT2D eigenvalue weighted by molar-refractivity contribution is -0.117. The van der Waals surface area contributed by atoms with E-state index in [1.54, 1.807) is 33.9 Å². The molecule has 0 spiro atoms. The van der Waals surface area contributed by atoms with Crippen molar-refractivity contribution in [1.29, 1.82) is 0 Å². The van der Waals surface area contributed by atoms with Gasteiger partial charge in [-0.15, -0.1) is 0 Å². The Labute approximate surface area is 137 Å². The molecule has 0 saturated heterocycles. The van der Waals surface area contributed by atoms with Crippen molar-refractivity contribution < 1.29 is 14.3 Å². The van der Waals surface area contributed by atoms with Crippen molar-refractivity contribution in [3.63, 3.8) is 0 Å². The first kappa shape index (κ1) is 18.9. The summed E-state index contributed by atoms with van der Waals surface area (Å²) in [7, 11) is 1.56. The predicted molar refractivity (Wildman–Crippen MR) is 89.4 cm³/mol. The molecular weight excluding hydrogens is 296 g/mol. The lowest BCUT2D eigenvalue weighted by Gasteiger charge is -2.24. The molecule has 1 aromatic rings. The van der Waals surface area contributed by atoms with E-state index in [9.17, 15) is 9.59 Å². The van der Waals surface area contributed by atoms with Gasteiger partial charge < -0.3 is 10.1 Å². The quantitative estimate of drug-likeness (QED) is 0.923. The Morgan fingerprint density at radius 2 is 1.87 bits per heavy atom. The van der Waals surface area contributed by atoms with Gasteiger partial charge in [0.15, 0.2) is 0 Å². The fraction of sp³-hybridized carbons (Fsp3) is 0.625. The van der Waals surface area contributed by atoms with Crippen LogP contribution in [0.1, 0.15) is 47.5 Å². The number of nitrogens with one attached hydrogen (secondary N) is 1. The van der Waals surface area contributed by atoms with Crippen LogP contribution in [0.4, 0.5) is 16.4 Å². The minimum Gasteiger partial charge on any atom is -0.443 e. The van der Waals surface area contributed by atoms with Crippen LogP contribution in [0.25, 0.3) is 0 Å². The molecule has 2 amide bonds. The molecule has 0 atom stereocenters. The Hall–Kier alpha value is -2.18. The number of amides is 2. The van der Waals surface area contributed by atoms with Crippen LogP contribution < -0.4 is 10.2 Å². The maximum absolute atomic E-state index is 12.0. The third-order valence-electron chi connectivity index (χ3n) is 2.86. The van der Waals surface area contributed by atoms with Crippen LogP contribution in [0.5, 0.6) is 0 Å². The molecule has 2 rings (SSSR count). The molecule has 0 aliphatic heterocycles. The van der Waals surface area contributed by atoms with Gasteiger partial charge in [0.25, 0.3) is 0 Å². The molecule has 1 aromatic heterocycles. The van der Waals surface area contributed by atoms with E-state index >= 15 is 0 Å². The van der Waals surface area contributed by atoms with Crippen LogP contribution in [-0.2, 0) is 9.53 Å². The highest BCUT2D eigenvalue weighted by molar-refractivity contribution is 5.94. The summed E-state index contributed by atoms with van der Waals surface area (Å²) < 4.78 is 5.26. The molecule has 0 bridgehead atoms. The van der Waals surface area contributed by atoms with Crippen molar-refractivity contribution in [1.82, 2.24) is 9.97 Å². The predicted octanol–water partition coefficient (Wildman–Crippen LogP) is 3.22. The summed E-state index contributed by atoms with van der Waals surface area (Å²) in [6, 6.07) is 1.55. The molecule has 1 fully saturated rings. The number of hydrogen-bond acceptors (Lipinski definition) is 5. The van der Waals surface area contributed by atoms with Crippen molar-refractivity contribution in [2.45, 2.75) is 53.1 Å². The minimum atomic E-state index is -0.582.